The third-order valence-corrected chi connectivity index (χ3v) is 5.96. The first-order valence-corrected chi connectivity index (χ1v) is 11.6. The second-order valence-electron chi connectivity index (χ2n) is 8.42. The highest BCUT2D eigenvalue weighted by atomic mass is 16.2. The first-order chi connectivity index (χ1) is 17.4. The van der Waals surface area contributed by atoms with E-state index in [0.29, 0.717) is 42.9 Å². The van der Waals surface area contributed by atoms with Gasteiger partial charge in [-0.1, -0.05) is 18.1 Å². The van der Waals surface area contributed by atoms with Crippen LogP contribution in [0.4, 0.5) is 16.2 Å². The number of urea groups is 1. The van der Waals surface area contributed by atoms with Gasteiger partial charge in [-0.2, -0.15) is 0 Å². The fourth-order valence-corrected chi connectivity index (χ4v) is 4.20. The van der Waals surface area contributed by atoms with Gasteiger partial charge in [-0.05, 0) is 49.6 Å². The van der Waals surface area contributed by atoms with E-state index in [2.05, 4.69) is 27.2 Å². The highest BCUT2D eigenvalue weighted by Gasteiger charge is 2.45. The van der Waals surface area contributed by atoms with Crippen molar-refractivity contribution in [3.05, 3.63) is 59.2 Å². The summed E-state index contributed by atoms with van der Waals surface area (Å²) in [4.78, 5) is 62.7. The van der Waals surface area contributed by atoms with Crippen LogP contribution in [-0.2, 0) is 9.59 Å². The van der Waals surface area contributed by atoms with Gasteiger partial charge < -0.3 is 16.0 Å². The van der Waals surface area contributed by atoms with Gasteiger partial charge in [0.25, 0.3) is 11.8 Å². The van der Waals surface area contributed by atoms with Crippen LogP contribution in [0.2, 0.25) is 0 Å². The van der Waals surface area contributed by atoms with Crippen LogP contribution in [0.25, 0.3) is 0 Å². The maximum absolute atomic E-state index is 13.1. The number of unbranched alkanes of at least 4 members (excludes halogenated alkanes) is 1. The Hall–Kier alpha value is -4.65. The van der Waals surface area contributed by atoms with Crippen LogP contribution >= 0.6 is 0 Å². The Balaban J connectivity index is 1.26. The summed E-state index contributed by atoms with van der Waals surface area (Å²) in [6.07, 6.45) is 6.90. The van der Waals surface area contributed by atoms with Gasteiger partial charge in [-0.3, -0.25) is 29.4 Å². The van der Waals surface area contributed by atoms with Gasteiger partial charge in [-0.25, -0.2) is 4.79 Å². The number of terminal acetylenes is 1. The van der Waals surface area contributed by atoms with Crippen LogP contribution in [0.1, 0.15) is 52.0 Å². The normalized spacial score (nSPS) is 16.8. The number of amides is 6. The molecule has 1 saturated heterocycles. The lowest BCUT2D eigenvalue weighted by Gasteiger charge is -2.27. The molecule has 1 unspecified atom stereocenters. The van der Waals surface area contributed by atoms with Crippen LogP contribution in [-0.4, -0.2) is 53.7 Å². The first kappa shape index (κ1) is 24.5. The quantitative estimate of drug-likeness (QED) is 0.256. The van der Waals surface area contributed by atoms with Gasteiger partial charge >= 0.3 is 6.03 Å². The molecule has 2 aliphatic rings. The Kier molecular flexibility index (Phi) is 7.30. The Morgan fingerprint density at radius 3 is 2.61 bits per heavy atom. The summed E-state index contributed by atoms with van der Waals surface area (Å²) in [7, 11) is 0. The summed E-state index contributed by atoms with van der Waals surface area (Å²) in [5.74, 6) is 0.352. The van der Waals surface area contributed by atoms with Crippen molar-refractivity contribution < 1.29 is 24.0 Å². The molecule has 2 aliphatic heterocycles. The van der Waals surface area contributed by atoms with Crippen molar-refractivity contribution >= 4 is 41.0 Å². The lowest BCUT2D eigenvalue weighted by atomic mass is 10.0. The van der Waals surface area contributed by atoms with E-state index >= 15 is 0 Å². The minimum absolute atomic E-state index is 0.0677. The second-order valence-corrected chi connectivity index (χ2v) is 8.42. The summed E-state index contributed by atoms with van der Waals surface area (Å²) in [6, 6.07) is 10.6. The molecular weight excluding hydrogens is 462 g/mol. The Labute approximate surface area is 207 Å². The zero-order valence-corrected chi connectivity index (χ0v) is 19.4. The number of carbonyl (C=O) groups is 5. The number of fused-ring (bicyclic) bond motifs is 1. The SMILES string of the molecule is C#Cc1cccc(NC(=O)NCCCCNc2cccc3c2C(=O)N(C2CCC(=O)NC2=O)C3=O)c1. The number of imide groups is 2. The Morgan fingerprint density at radius 2 is 1.83 bits per heavy atom. The number of carbonyl (C=O) groups excluding carboxylic acids is 5. The minimum Gasteiger partial charge on any atom is -0.384 e. The van der Waals surface area contributed by atoms with Crippen molar-refractivity contribution in [3.63, 3.8) is 0 Å². The molecule has 2 aromatic carbocycles. The van der Waals surface area contributed by atoms with E-state index in [-0.39, 0.29) is 30.0 Å². The smallest absolute Gasteiger partial charge is 0.319 e. The van der Waals surface area contributed by atoms with Crippen molar-refractivity contribution in [1.82, 2.24) is 15.5 Å². The van der Waals surface area contributed by atoms with Gasteiger partial charge in [0.1, 0.15) is 6.04 Å². The molecule has 184 valence electrons. The fourth-order valence-electron chi connectivity index (χ4n) is 4.20. The maximum atomic E-state index is 13.1. The number of nitrogens with one attached hydrogen (secondary N) is 4. The molecule has 10 nitrogen and oxygen atoms in total. The molecule has 2 aromatic rings. The van der Waals surface area contributed by atoms with Crippen molar-refractivity contribution in [2.45, 2.75) is 31.7 Å². The predicted octanol–water partition coefficient (Wildman–Crippen LogP) is 2.08. The third kappa shape index (κ3) is 5.20. The van der Waals surface area contributed by atoms with Gasteiger partial charge in [0.2, 0.25) is 11.8 Å². The average Bonchev–Trinajstić information content (AvgIpc) is 3.12. The number of hydrogen-bond donors (Lipinski definition) is 4. The largest absolute Gasteiger partial charge is 0.384 e. The van der Waals surface area contributed by atoms with Gasteiger partial charge in [0.15, 0.2) is 0 Å². The molecule has 36 heavy (non-hydrogen) atoms. The van der Waals surface area contributed by atoms with Crippen LogP contribution < -0.4 is 21.3 Å². The van der Waals surface area contributed by atoms with E-state index in [4.69, 9.17) is 6.42 Å². The summed E-state index contributed by atoms with van der Waals surface area (Å²) in [6.45, 7) is 0.944. The molecule has 0 aromatic heterocycles. The third-order valence-electron chi connectivity index (χ3n) is 5.96. The Morgan fingerprint density at radius 1 is 1.06 bits per heavy atom. The van der Waals surface area contributed by atoms with E-state index in [1.165, 1.54) is 0 Å². The number of nitrogens with zero attached hydrogens (tertiary/aromatic N) is 1. The molecule has 1 atom stereocenters. The second kappa shape index (κ2) is 10.7. The van der Waals surface area contributed by atoms with Gasteiger partial charge in [0.05, 0.1) is 11.1 Å². The number of piperidine rings is 1. The maximum Gasteiger partial charge on any atom is 0.319 e. The lowest BCUT2D eigenvalue weighted by molar-refractivity contribution is -0.136. The standard InChI is InChI=1S/C26H25N5O5/c1-2-16-7-5-8-17(15-16)29-26(36)28-14-4-3-13-27-19-10-6-9-18-22(19)25(35)31(24(18)34)20-11-12-21(32)30-23(20)33/h1,5-10,15,20,27H,3-4,11-14H2,(H2,28,29,36)(H,30,32,33). The van der Waals surface area contributed by atoms with Crippen molar-refractivity contribution in [2.75, 3.05) is 23.7 Å². The molecular formula is C26H25N5O5. The van der Waals surface area contributed by atoms with E-state index < -0.39 is 29.7 Å². The van der Waals surface area contributed by atoms with Crippen molar-refractivity contribution in [3.8, 4) is 12.3 Å². The zero-order chi connectivity index (χ0) is 25.7. The fraction of sp³-hybridized carbons (Fsp3) is 0.269. The zero-order valence-electron chi connectivity index (χ0n) is 19.4. The monoisotopic (exact) mass is 487 g/mol. The van der Waals surface area contributed by atoms with Crippen LogP contribution in [0.15, 0.2) is 42.5 Å². The molecule has 0 radical (unpaired) electrons. The van der Waals surface area contributed by atoms with Crippen molar-refractivity contribution in [1.29, 1.82) is 0 Å². The highest BCUT2D eigenvalue weighted by Crippen LogP contribution is 2.32. The average molecular weight is 488 g/mol. The predicted molar refractivity (Wildman–Crippen MR) is 132 cm³/mol. The lowest BCUT2D eigenvalue weighted by Crippen LogP contribution is -2.54. The molecule has 0 aliphatic carbocycles. The summed E-state index contributed by atoms with van der Waals surface area (Å²) in [5.41, 5.74) is 2.22. The molecule has 0 saturated carbocycles. The molecule has 0 spiro atoms. The molecule has 1 fully saturated rings. The molecule has 4 N–H and O–H groups in total. The van der Waals surface area contributed by atoms with E-state index in [1.807, 2.05) is 0 Å². The van der Waals surface area contributed by atoms with E-state index in [0.717, 1.165) is 4.90 Å². The molecule has 10 heteroatoms. The number of benzene rings is 2. The van der Waals surface area contributed by atoms with Crippen LogP contribution in [0.5, 0.6) is 0 Å². The summed E-state index contributed by atoms with van der Waals surface area (Å²) in [5, 5.41) is 10.9. The van der Waals surface area contributed by atoms with Gasteiger partial charge in [0, 0.05) is 36.4 Å². The number of anilines is 2. The first-order valence-electron chi connectivity index (χ1n) is 11.6. The summed E-state index contributed by atoms with van der Waals surface area (Å²) < 4.78 is 0. The van der Waals surface area contributed by atoms with Crippen LogP contribution in [0.3, 0.4) is 0 Å². The minimum atomic E-state index is -1.01. The highest BCUT2D eigenvalue weighted by molar-refractivity contribution is 6.25. The number of rotatable bonds is 8. The van der Waals surface area contributed by atoms with Crippen molar-refractivity contribution in [2.24, 2.45) is 0 Å². The topological polar surface area (TPSA) is 137 Å². The number of hydrogen-bond acceptors (Lipinski definition) is 6. The van der Waals surface area contributed by atoms with Gasteiger partial charge in [-0.15, -0.1) is 6.42 Å². The van der Waals surface area contributed by atoms with E-state index in [1.54, 1.807) is 42.5 Å². The van der Waals surface area contributed by atoms with Crippen LogP contribution in [0, 0.1) is 12.3 Å². The molecule has 4 rings (SSSR count). The van der Waals surface area contributed by atoms with E-state index in [9.17, 15) is 24.0 Å². The Bertz CT molecular complexity index is 1280. The molecule has 2 heterocycles. The molecule has 6 amide bonds. The molecule has 0 bridgehead atoms. The summed E-state index contributed by atoms with van der Waals surface area (Å²) >= 11 is 0.